The molecule has 7 heteroatoms. The second kappa shape index (κ2) is 6.73. The van der Waals surface area contributed by atoms with Crippen molar-refractivity contribution in [3.63, 3.8) is 0 Å². The van der Waals surface area contributed by atoms with Gasteiger partial charge in [0.1, 0.15) is 17.2 Å². The predicted octanol–water partition coefficient (Wildman–Crippen LogP) is 4.35. The van der Waals surface area contributed by atoms with E-state index >= 15 is 0 Å². The van der Waals surface area contributed by atoms with Crippen molar-refractivity contribution in [2.75, 3.05) is 0 Å². The number of hydrogen-bond acceptors (Lipinski definition) is 3. The van der Waals surface area contributed by atoms with E-state index in [0.717, 1.165) is 0 Å². The molecule has 2 aromatic heterocycles. The lowest BCUT2D eigenvalue weighted by atomic mass is 10.2. The fraction of sp³-hybridized carbons (Fsp3) is 0. The summed E-state index contributed by atoms with van der Waals surface area (Å²) in [6.07, 6.45) is 3.06. The number of hydrogen-bond donors (Lipinski definition) is 2. The number of benzene rings is 1. The monoisotopic (exact) mass is 347 g/mol. The van der Waals surface area contributed by atoms with Gasteiger partial charge < -0.3 is 9.40 Å². The molecule has 0 radical (unpaired) electrons. The molecule has 1 aromatic carbocycles. The van der Waals surface area contributed by atoms with Crippen LogP contribution in [0.4, 0.5) is 0 Å². The van der Waals surface area contributed by atoms with Gasteiger partial charge >= 0.3 is 0 Å². The maximum atomic E-state index is 11.7. The Labute approximate surface area is 141 Å². The molecule has 0 saturated heterocycles. The number of H-pyrrole nitrogens is 1. The number of rotatable bonds is 4. The second-order valence-electron chi connectivity index (χ2n) is 4.61. The van der Waals surface area contributed by atoms with E-state index in [1.165, 1.54) is 6.21 Å². The predicted molar refractivity (Wildman–Crippen MR) is 90.0 cm³/mol. The summed E-state index contributed by atoms with van der Waals surface area (Å²) in [5.41, 5.74) is 3.51. The highest BCUT2D eigenvalue weighted by atomic mass is 35.5. The van der Waals surface area contributed by atoms with E-state index in [9.17, 15) is 4.79 Å². The Morgan fingerprint density at radius 2 is 2.09 bits per heavy atom. The molecule has 23 heavy (non-hydrogen) atoms. The minimum atomic E-state index is -0.337. The Kier molecular flexibility index (Phi) is 4.50. The lowest BCUT2D eigenvalue weighted by Gasteiger charge is -2.01. The van der Waals surface area contributed by atoms with Gasteiger partial charge in [0.05, 0.1) is 11.2 Å². The van der Waals surface area contributed by atoms with Crippen molar-refractivity contribution in [1.29, 1.82) is 0 Å². The number of carbonyl (C=O) groups excluding carboxylic acids is 1. The van der Waals surface area contributed by atoms with Crippen LogP contribution in [-0.4, -0.2) is 17.1 Å². The molecule has 0 bridgehead atoms. The molecule has 0 unspecified atom stereocenters. The summed E-state index contributed by atoms with van der Waals surface area (Å²) in [7, 11) is 0. The number of furan rings is 1. The Hall–Kier alpha value is -2.50. The number of nitrogens with one attached hydrogen (secondary N) is 2. The highest BCUT2D eigenvalue weighted by molar-refractivity contribution is 6.35. The van der Waals surface area contributed by atoms with E-state index in [1.54, 1.807) is 48.7 Å². The fourth-order valence-corrected chi connectivity index (χ4v) is 2.32. The summed E-state index contributed by atoms with van der Waals surface area (Å²) in [5, 5.41) is 4.95. The number of carbonyl (C=O) groups is 1. The van der Waals surface area contributed by atoms with Gasteiger partial charge in [-0.2, -0.15) is 5.10 Å². The van der Waals surface area contributed by atoms with Crippen LogP contribution in [0.15, 0.2) is 58.2 Å². The van der Waals surface area contributed by atoms with Gasteiger partial charge in [0.15, 0.2) is 0 Å². The van der Waals surface area contributed by atoms with Crippen LogP contribution in [0.2, 0.25) is 10.0 Å². The summed E-state index contributed by atoms with van der Waals surface area (Å²) in [4.78, 5) is 14.5. The molecule has 116 valence electrons. The van der Waals surface area contributed by atoms with Crippen LogP contribution in [0.25, 0.3) is 11.3 Å². The molecule has 2 N–H and O–H groups in total. The van der Waals surface area contributed by atoms with Crippen molar-refractivity contribution in [3.8, 4) is 11.3 Å². The maximum Gasteiger partial charge on any atom is 0.287 e. The average molecular weight is 348 g/mol. The number of halogens is 2. The van der Waals surface area contributed by atoms with E-state index in [2.05, 4.69) is 15.5 Å². The number of nitrogens with zero attached hydrogens (tertiary/aromatic N) is 1. The Balaban J connectivity index is 1.71. The summed E-state index contributed by atoms with van der Waals surface area (Å²) in [5.74, 6) is 0.702. The SMILES string of the molecule is O=C(N/N=C\c1ccc(-c2cc(Cl)ccc2Cl)o1)c1ccc[nH]1. The normalized spacial score (nSPS) is 11.0. The number of aromatic amines is 1. The van der Waals surface area contributed by atoms with Crippen LogP contribution in [0.3, 0.4) is 0 Å². The molecule has 0 atom stereocenters. The molecule has 0 aliphatic carbocycles. The number of aromatic nitrogens is 1. The van der Waals surface area contributed by atoms with Gasteiger partial charge in [0.2, 0.25) is 0 Å². The van der Waals surface area contributed by atoms with Crippen molar-refractivity contribution in [2.45, 2.75) is 0 Å². The molecule has 2 heterocycles. The summed E-state index contributed by atoms with van der Waals surface area (Å²) in [6, 6.07) is 12.0. The Morgan fingerprint density at radius 1 is 1.22 bits per heavy atom. The molecular weight excluding hydrogens is 337 g/mol. The van der Waals surface area contributed by atoms with E-state index in [1.807, 2.05) is 0 Å². The van der Waals surface area contributed by atoms with Crippen LogP contribution in [-0.2, 0) is 0 Å². The van der Waals surface area contributed by atoms with Gasteiger partial charge in [-0.3, -0.25) is 4.79 Å². The molecule has 0 aliphatic heterocycles. The quantitative estimate of drug-likeness (QED) is 0.544. The van der Waals surface area contributed by atoms with Gasteiger partial charge in [0.25, 0.3) is 5.91 Å². The van der Waals surface area contributed by atoms with Crippen molar-refractivity contribution in [1.82, 2.24) is 10.4 Å². The summed E-state index contributed by atoms with van der Waals surface area (Å²) in [6.45, 7) is 0. The third-order valence-corrected chi connectivity index (χ3v) is 3.59. The van der Waals surface area contributed by atoms with Gasteiger partial charge in [-0.05, 0) is 42.5 Å². The zero-order valence-electron chi connectivity index (χ0n) is 11.7. The minimum Gasteiger partial charge on any atom is -0.455 e. The van der Waals surface area contributed by atoms with Crippen LogP contribution >= 0.6 is 23.2 Å². The Morgan fingerprint density at radius 3 is 2.87 bits per heavy atom. The minimum absolute atomic E-state index is 0.337. The largest absolute Gasteiger partial charge is 0.455 e. The number of amides is 1. The van der Waals surface area contributed by atoms with Crippen molar-refractivity contribution < 1.29 is 9.21 Å². The van der Waals surface area contributed by atoms with Crippen LogP contribution in [0.1, 0.15) is 16.2 Å². The lowest BCUT2D eigenvalue weighted by molar-refractivity contribution is 0.0951. The van der Waals surface area contributed by atoms with E-state index < -0.39 is 0 Å². The molecule has 0 saturated carbocycles. The first-order valence-electron chi connectivity index (χ1n) is 6.65. The van der Waals surface area contributed by atoms with Gasteiger partial charge in [-0.15, -0.1) is 0 Å². The van der Waals surface area contributed by atoms with Gasteiger partial charge in [0, 0.05) is 16.8 Å². The van der Waals surface area contributed by atoms with Crippen LogP contribution < -0.4 is 5.43 Å². The number of hydrazone groups is 1. The van der Waals surface area contributed by atoms with Crippen molar-refractivity contribution in [2.24, 2.45) is 5.10 Å². The second-order valence-corrected chi connectivity index (χ2v) is 5.45. The van der Waals surface area contributed by atoms with Gasteiger partial charge in [-0.25, -0.2) is 5.43 Å². The first kappa shape index (κ1) is 15.4. The van der Waals surface area contributed by atoms with Crippen LogP contribution in [0.5, 0.6) is 0 Å². The van der Waals surface area contributed by atoms with E-state index in [4.69, 9.17) is 27.6 Å². The fourth-order valence-electron chi connectivity index (χ4n) is 1.94. The molecule has 3 rings (SSSR count). The van der Waals surface area contributed by atoms with Crippen LogP contribution in [0, 0.1) is 0 Å². The van der Waals surface area contributed by atoms with Crippen molar-refractivity contribution >= 4 is 35.3 Å². The topological polar surface area (TPSA) is 70.4 Å². The molecule has 5 nitrogen and oxygen atoms in total. The highest BCUT2D eigenvalue weighted by Crippen LogP contribution is 2.31. The summed E-state index contributed by atoms with van der Waals surface area (Å²) >= 11 is 12.1. The first-order chi connectivity index (χ1) is 11.1. The highest BCUT2D eigenvalue weighted by Gasteiger charge is 2.09. The van der Waals surface area contributed by atoms with Crippen molar-refractivity contribution in [3.05, 3.63) is 70.2 Å². The third kappa shape index (κ3) is 3.64. The summed E-state index contributed by atoms with van der Waals surface area (Å²) < 4.78 is 5.63. The molecule has 3 aromatic rings. The molecular formula is C16H11Cl2N3O2. The zero-order valence-corrected chi connectivity index (χ0v) is 13.2. The van der Waals surface area contributed by atoms with E-state index in [-0.39, 0.29) is 5.91 Å². The van der Waals surface area contributed by atoms with Gasteiger partial charge in [-0.1, -0.05) is 23.2 Å². The maximum absolute atomic E-state index is 11.7. The molecule has 0 fully saturated rings. The third-order valence-electron chi connectivity index (χ3n) is 3.02. The Bertz CT molecular complexity index is 854. The smallest absolute Gasteiger partial charge is 0.287 e. The van der Waals surface area contributed by atoms with E-state index in [0.29, 0.717) is 32.8 Å². The average Bonchev–Trinajstić information content (AvgIpc) is 3.21. The zero-order chi connectivity index (χ0) is 16.2. The molecule has 0 spiro atoms. The molecule has 0 aliphatic rings. The lowest BCUT2D eigenvalue weighted by Crippen LogP contribution is -2.17. The first-order valence-corrected chi connectivity index (χ1v) is 7.41. The molecule has 1 amide bonds. The standard InChI is InChI=1S/C16H11Cl2N3O2/c17-10-3-5-13(18)12(8-10)15-6-4-11(23-15)9-20-21-16(22)14-2-1-7-19-14/h1-9,19H,(H,21,22)/b20-9-.